The standard InChI is InChI=1S/C25H22F6N2O3/c26-24(27,28)13-23(36)33-9-8-15(18-7-5-16(11-21(18)33)25(29,30)31)10-22(35)32-20-3-1-2-14-4-6-17(34)12-19(14)20/h1-3,5,7,10-11,17,34H,4,6,8-9,12-13H2,(H,32,35)/b15-10+. The van der Waals surface area contributed by atoms with E-state index >= 15 is 0 Å². The molecule has 36 heavy (non-hydrogen) atoms. The second-order valence-corrected chi connectivity index (χ2v) is 8.82. The fourth-order valence-corrected chi connectivity index (χ4v) is 4.58. The number of carbonyl (C=O) groups excluding carboxylic acids is 2. The van der Waals surface area contributed by atoms with E-state index in [2.05, 4.69) is 5.32 Å². The number of hydrogen-bond acceptors (Lipinski definition) is 3. The highest BCUT2D eigenvalue weighted by atomic mass is 19.4. The zero-order valence-corrected chi connectivity index (χ0v) is 18.8. The third kappa shape index (κ3) is 5.72. The van der Waals surface area contributed by atoms with Crippen molar-refractivity contribution < 1.29 is 41.0 Å². The lowest BCUT2D eigenvalue weighted by Gasteiger charge is -2.32. The SMILES string of the molecule is O=C(/C=C1\CCN(C(=O)CC(F)(F)F)c2cc(C(F)(F)F)ccc21)Nc1cccc2c1CC(O)CC2. The Bertz CT molecular complexity index is 1220. The molecule has 5 nitrogen and oxygen atoms in total. The van der Waals surface area contributed by atoms with Gasteiger partial charge < -0.3 is 15.3 Å². The maximum atomic E-state index is 13.3. The van der Waals surface area contributed by atoms with Crippen LogP contribution in [0.15, 0.2) is 42.5 Å². The molecule has 0 radical (unpaired) electrons. The molecular weight excluding hydrogens is 490 g/mol. The van der Waals surface area contributed by atoms with Crippen LogP contribution < -0.4 is 10.2 Å². The first kappa shape index (κ1) is 25.7. The van der Waals surface area contributed by atoms with Gasteiger partial charge in [-0.05, 0) is 54.2 Å². The van der Waals surface area contributed by atoms with Gasteiger partial charge in [0.05, 0.1) is 17.4 Å². The van der Waals surface area contributed by atoms with Gasteiger partial charge >= 0.3 is 12.4 Å². The Morgan fingerprint density at radius 1 is 1.08 bits per heavy atom. The summed E-state index contributed by atoms with van der Waals surface area (Å²) < 4.78 is 78.3. The fourth-order valence-electron chi connectivity index (χ4n) is 4.58. The lowest BCUT2D eigenvalue weighted by atomic mass is 9.88. The van der Waals surface area contributed by atoms with Gasteiger partial charge in [0.1, 0.15) is 6.42 Å². The van der Waals surface area contributed by atoms with Crippen molar-refractivity contribution in [3.8, 4) is 0 Å². The quantitative estimate of drug-likeness (QED) is 0.435. The second kappa shape index (κ2) is 9.61. The zero-order chi connectivity index (χ0) is 26.3. The molecular formula is C25H22F6N2O3. The van der Waals surface area contributed by atoms with Crippen LogP contribution in [0, 0.1) is 0 Å². The van der Waals surface area contributed by atoms with Crippen LogP contribution in [0.4, 0.5) is 37.7 Å². The molecule has 0 aromatic heterocycles. The second-order valence-electron chi connectivity index (χ2n) is 8.82. The number of aliphatic hydroxyl groups excluding tert-OH is 1. The number of nitrogens with zero attached hydrogens (tertiary/aromatic N) is 1. The minimum absolute atomic E-state index is 0.0268. The number of anilines is 2. The van der Waals surface area contributed by atoms with Gasteiger partial charge in [0.15, 0.2) is 0 Å². The number of alkyl halides is 6. The van der Waals surface area contributed by atoms with E-state index in [9.17, 15) is 41.0 Å². The van der Waals surface area contributed by atoms with Gasteiger partial charge in [0, 0.05) is 30.3 Å². The van der Waals surface area contributed by atoms with Crippen molar-refractivity contribution >= 4 is 28.8 Å². The summed E-state index contributed by atoms with van der Waals surface area (Å²) in [6.07, 6.45) is -9.18. The summed E-state index contributed by atoms with van der Waals surface area (Å²) in [5.41, 5.74) is 1.20. The Labute approximate surface area is 202 Å². The monoisotopic (exact) mass is 512 g/mol. The molecule has 2 N–H and O–H groups in total. The highest BCUT2D eigenvalue weighted by Crippen LogP contribution is 2.40. The molecule has 0 saturated heterocycles. The Morgan fingerprint density at radius 2 is 1.83 bits per heavy atom. The lowest BCUT2D eigenvalue weighted by Crippen LogP contribution is -2.38. The molecule has 11 heteroatoms. The van der Waals surface area contributed by atoms with Crippen LogP contribution in [-0.2, 0) is 28.6 Å². The van der Waals surface area contributed by atoms with E-state index in [4.69, 9.17) is 0 Å². The van der Waals surface area contributed by atoms with Crippen molar-refractivity contribution in [3.05, 3.63) is 64.7 Å². The van der Waals surface area contributed by atoms with Crippen LogP contribution >= 0.6 is 0 Å². The highest BCUT2D eigenvalue weighted by Gasteiger charge is 2.38. The van der Waals surface area contributed by atoms with Gasteiger partial charge in [-0.15, -0.1) is 0 Å². The number of amides is 2. The Hall–Kier alpha value is -3.34. The fraction of sp³-hybridized carbons (Fsp3) is 0.360. The number of aliphatic hydroxyl groups is 1. The predicted molar refractivity (Wildman–Crippen MR) is 120 cm³/mol. The number of aryl methyl sites for hydroxylation is 1. The largest absolute Gasteiger partial charge is 0.416 e. The first-order chi connectivity index (χ1) is 16.8. The topological polar surface area (TPSA) is 69.6 Å². The van der Waals surface area contributed by atoms with E-state index < -0.39 is 42.3 Å². The van der Waals surface area contributed by atoms with Crippen molar-refractivity contribution in [1.82, 2.24) is 0 Å². The first-order valence-corrected chi connectivity index (χ1v) is 11.2. The molecule has 192 valence electrons. The average Bonchev–Trinajstić information content (AvgIpc) is 2.77. The summed E-state index contributed by atoms with van der Waals surface area (Å²) in [5, 5.41) is 12.7. The van der Waals surface area contributed by atoms with Crippen molar-refractivity contribution in [2.24, 2.45) is 0 Å². The van der Waals surface area contributed by atoms with Gasteiger partial charge in [-0.25, -0.2) is 0 Å². The van der Waals surface area contributed by atoms with Gasteiger partial charge in [-0.3, -0.25) is 9.59 Å². The molecule has 2 aliphatic rings. The van der Waals surface area contributed by atoms with Gasteiger partial charge in [0.25, 0.3) is 0 Å². The molecule has 1 aliphatic heterocycles. The molecule has 0 saturated carbocycles. The summed E-state index contributed by atoms with van der Waals surface area (Å²) >= 11 is 0. The normalized spacial score (nSPS) is 19.0. The molecule has 1 heterocycles. The van der Waals surface area contributed by atoms with Gasteiger partial charge in [-0.2, -0.15) is 26.3 Å². The Morgan fingerprint density at radius 3 is 2.53 bits per heavy atom. The summed E-state index contributed by atoms with van der Waals surface area (Å²) in [6, 6.07) is 7.79. The van der Waals surface area contributed by atoms with Crippen LogP contribution in [0.25, 0.3) is 5.57 Å². The van der Waals surface area contributed by atoms with Crippen LogP contribution in [0.2, 0.25) is 0 Å². The molecule has 1 aliphatic carbocycles. The van der Waals surface area contributed by atoms with Crippen molar-refractivity contribution in [2.75, 3.05) is 16.8 Å². The molecule has 4 rings (SSSR count). The number of benzene rings is 2. The number of halogens is 6. The number of carbonyl (C=O) groups is 2. The van der Waals surface area contributed by atoms with E-state index in [1.54, 1.807) is 12.1 Å². The Balaban J connectivity index is 1.65. The molecule has 0 spiro atoms. The smallest absolute Gasteiger partial charge is 0.393 e. The van der Waals surface area contributed by atoms with Crippen LogP contribution in [0.5, 0.6) is 0 Å². The van der Waals surface area contributed by atoms with E-state index in [1.165, 1.54) is 6.08 Å². The number of nitrogens with one attached hydrogen (secondary N) is 1. The minimum Gasteiger partial charge on any atom is -0.393 e. The van der Waals surface area contributed by atoms with Gasteiger partial charge in [-0.1, -0.05) is 18.2 Å². The summed E-state index contributed by atoms with van der Waals surface area (Å²) in [6.45, 7) is -0.310. The molecule has 1 atom stereocenters. The summed E-state index contributed by atoms with van der Waals surface area (Å²) in [7, 11) is 0. The predicted octanol–water partition coefficient (Wildman–Crippen LogP) is 5.27. The average molecular weight is 512 g/mol. The van der Waals surface area contributed by atoms with E-state index in [1.807, 2.05) is 6.07 Å². The lowest BCUT2D eigenvalue weighted by molar-refractivity contribution is -0.152. The third-order valence-electron chi connectivity index (χ3n) is 6.24. The molecule has 2 aromatic carbocycles. The van der Waals surface area contributed by atoms with Gasteiger partial charge in [0.2, 0.25) is 11.8 Å². The number of rotatable bonds is 3. The van der Waals surface area contributed by atoms with Crippen molar-refractivity contribution in [1.29, 1.82) is 0 Å². The Kier molecular flexibility index (Phi) is 6.87. The first-order valence-electron chi connectivity index (χ1n) is 11.2. The minimum atomic E-state index is -4.82. The summed E-state index contributed by atoms with van der Waals surface area (Å²) in [4.78, 5) is 25.8. The van der Waals surface area contributed by atoms with Crippen molar-refractivity contribution in [3.63, 3.8) is 0 Å². The van der Waals surface area contributed by atoms with E-state index in [-0.39, 0.29) is 29.8 Å². The van der Waals surface area contributed by atoms with Crippen molar-refractivity contribution in [2.45, 2.75) is 50.6 Å². The molecule has 1 unspecified atom stereocenters. The molecule has 2 amide bonds. The van der Waals surface area contributed by atoms with E-state index in [0.717, 1.165) is 23.3 Å². The maximum Gasteiger partial charge on any atom is 0.416 e. The summed E-state index contributed by atoms with van der Waals surface area (Å²) in [5.74, 6) is -1.96. The van der Waals surface area contributed by atoms with E-state index in [0.29, 0.717) is 35.9 Å². The molecule has 0 bridgehead atoms. The number of hydrogen-bond donors (Lipinski definition) is 2. The highest BCUT2D eigenvalue weighted by molar-refractivity contribution is 6.07. The molecule has 2 aromatic rings. The molecule has 0 fully saturated rings. The van der Waals surface area contributed by atoms with Crippen LogP contribution in [0.1, 0.15) is 41.5 Å². The maximum absolute atomic E-state index is 13.3. The van der Waals surface area contributed by atoms with Crippen LogP contribution in [0.3, 0.4) is 0 Å². The van der Waals surface area contributed by atoms with Crippen LogP contribution in [-0.4, -0.2) is 35.7 Å². The third-order valence-corrected chi connectivity index (χ3v) is 6.24. The number of fused-ring (bicyclic) bond motifs is 2. The zero-order valence-electron chi connectivity index (χ0n) is 18.8.